The molecule has 0 unspecified atom stereocenters. The SMILES string of the molecule is CN=C(NCCc1nnc2ccccn12)NC1CCN(Cc2cccc(C)c2)CC1. The van der Waals surface area contributed by atoms with Crippen LogP contribution in [0.15, 0.2) is 53.7 Å². The van der Waals surface area contributed by atoms with Crippen LogP contribution in [0.2, 0.25) is 0 Å². The summed E-state index contributed by atoms with van der Waals surface area (Å²) in [5.41, 5.74) is 3.62. The Morgan fingerprint density at radius 1 is 1.13 bits per heavy atom. The Hall–Kier alpha value is -2.93. The molecule has 7 nitrogen and oxygen atoms in total. The molecule has 0 spiro atoms. The first-order valence-electron chi connectivity index (χ1n) is 10.7. The summed E-state index contributed by atoms with van der Waals surface area (Å²) in [6, 6.07) is 15.2. The Morgan fingerprint density at radius 2 is 2.00 bits per heavy atom. The lowest BCUT2D eigenvalue weighted by atomic mass is 10.0. The van der Waals surface area contributed by atoms with Gasteiger partial charge in [-0.1, -0.05) is 35.9 Å². The Kier molecular flexibility index (Phi) is 6.59. The second kappa shape index (κ2) is 9.71. The quantitative estimate of drug-likeness (QED) is 0.487. The van der Waals surface area contributed by atoms with Crippen LogP contribution < -0.4 is 10.6 Å². The zero-order valence-corrected chi connectivity index (χ0v) is 17.9. The summed E-state index contributed by atoms with van der Waals surface area (Å²) in [7, 11) is 1.83. The lowest BCUT2D eigenvalue weighted by Gasteiger charge is -2.33. The Balaban J connectivity index is 1.21. The molecule has 158 valence electrons. The van der Waals surface area contributed by atoms with Crippen molar-refractivity contribution in [3.05, 3.63) is 65.6 Å². The number of guanidine groups is 1. The van der Waals surface area contributed by atoms with E-state index < -0.39 is 0 Å². The molecular formula is C23H31N7. The maximum absolute atomic E-state index is 4.40. The number of nitrogens with zero attached hydrogens (tertiary/aromatic N) is 5. The molecule has 0 amide bonds. The number of nitrogens with one attached hydrogen (secondary N) is 2. The van der Waals surface area contributed by atoms with Gasteiger partial charge in [-0.25, -0.2) is 0 Å². The van der Waals surface area contributed by atoms with Crippen LogP contribution in [0.25, 0.3) is 5.65 Å². The molecule has 0 bridgehead atoms. The minimum absolute atomic E-state index is 0.457. The standard InChI is InChI=1S/C23H31N7/c1-18-6-5-7-19(16-18)17-29-14-10-20(11-15-29)26-23(24-2)25-12-9-22-28-27-21-8-3-4-13-30(21)22/h3-8,13,16,20H,9-12,14-15,17H2,1-2H3,(H2,24,25,26). The fourth-order valence-electron chi connectivity index (χ4n) is 4.05. The van der Waals surface area contributed by atoms with Crippen molar-refractivity contribution in [1.29, 1.82) is 0 Å². The van der Waals surface area contributed by atoms with Gasteiger partial charge < -0.3 is 10.6 Å². The fraction of sp³-hybridized carbons (Fsp3) is 0.435. The van der Waals surface area contributed by atoms with Crippen molar-refractivity contribution in [2.45, 2.75) is 38.8 Å². The van der Waals surface area contributed by atoms with Crippen molar-refractivity contribution in [2.75, 3.05) is 26.7 Å². The van der Waals surface area contributed by atoms with E-state index in [0.717, 1.165) is 62.9 Å². The third-order valence-corrected chi connectivity index (χ3v) is 5.67. The van der Waals surface area contributed by atoms with Gasteiger partial charge in [0.2, 0.25) is 0 Å². The molecule has 0 radical (unpaired) electrons. The van der Waals surface area contributed by atoms with Crippen LogP contribution >= 0.6 is 0 Å². The highest BCUT2D eigenvalue weighted by molar-refractivity contribution is 5.79. The van der Waals surface area contributed by atoms with Crippen LogP contribution in [-0.2, 0) is 13.0 Å². The smallest absolute Gasteiger partial charge is 0.191 e. The van der Waals surface area contributed by atoms with Gasteiger partial charge in [-0.15, -0.1) is 10.2 Å². The van der Waals surface area contributed by atoms with Crippen molar-refractivity contribution in [1.82, 2.24) is 30.1 Å². The number of likely N-dealkylation sites (tertiary alicyclic amines) is 1. The van der Waals surface area contributed by atoms with E-state index >= 15 is 0 Å². The van der Waals surface area contributed by atoms with Gasteiger partial charge in [-0.3, -0.25) is 14.3 Å². The molecule has 0 atom stereocenters. The highest BCUT2D eigenvalue weighted by atomic mass is 15.3. The average molecular weight is 406 g/mol. The average Bonchev–Trinajstić information content (AvgIpc) is 3.17. The minimum atomic E-state index is 0.457. The van der Waals surface area contributed by atoms with Crippen LogP contribution in [0.1, 0.15) is 29.8 Å². The van der Waals surface area contributed by atoms with E-state index in [9.17, 15) is 0 Å². The van der Waals surface area contributed by atoms with Gasteiger partial charge in [0.1, 0.15) is 5.82 Å². The van der Waals surface area contributed by atoms with Crippen molar-refractivity contribution in [3.63, 3.8) is 0 Å². The van der Waals surface area contributed by atoms with Gasteiger partial charge in [0, 0.05) is 51.9 Å². The number of hydrogen-bond acceptors (Lipinski definition) is 4. The summed E-state index contributed by atoms with van der Waals surface area (Å²) < 4.78 is 2.03. The van der Waals surface area contributed by atoms with Gasteiger partial charge in [-0.05, 0) is 37.5 Å². The largest absolute Gasteiger partial charge is 0.356 e. The number of aliphatic imine (C=N–C) groups is 1. The van der Waals surface area contributed by atoms with E-state index in [1.165, 1.54) is 11.1 Å². The van der Waals surface area contributed by atoms with E-state index in [1.807, 2.05) is 35.8 Å². The molecular weight excluding hydrogens is 374 g/mol. The van der Waals surface area contributed by atoms with Crippen LogP contribution in [0, 0.1) is 6.92 Å². The zero-order valence-electron chi connectivity index (χ0n) is 17.9. The van der Waals surface area contributed by atoms with E-state index in [1.54, 1.807) is 0 Å². The van der Waals surface area contributed by atoms with Gasteiger partial charge in [0.25, 0.3) is 0 Å². The Bertz CT molecular complexity index is 986. The first-order valence-corrected chi connectivity index (χ1v) is 10.7. The first-order chi connectivity index (χ1) is 14.7. The number of pyridine rings is 1. The van der Waals surface area contributed by atoms with Crippen molar-refractivity contribution < 1.29 is 0 Å². The molecule has 3 heterocycles. The lowest BCUT2D eigenvalue weighted by Crippen LogP contribution is -2.48. The van der Waals surface area contributed by atoms with Gasteiger partial charge in [-0.2, -0.15) is 0 Å². The Labute approximate surface area is 178 Å². The van der Waals surface area contributed by atoms with Crippen LogP contribution in [0.4, 0.5) is 0 Å². The van der Waals surface area contributed by atoms with Crippen LogP contribution in [0.3, 0.4) is 0 Å². The molecule has 2 aromatic heterocycles. The molecule has 0 aliphatic carbocycles. The molecule has 2 N–H and O–H groups in total. The molecule has 4 rings (SSSR count). The Morgan fingerprint density at radius 3 is 2.80 bits per heavy atom. The molecule has 1 aliphatic heterocycles. The van der Waals surface area contributed by atoms with E-state index in [4.69, 9.17) is 0 Å². The maximum Gasteiger partial charge on any atom is 0.191 e. The third kappa shape index (κ3) is 5.16. The van der Waals surface area contributed by atoms with E-state index in [-0.39, 0.29) is 0 Å². The number of fused-ring (bicyclic) bond motifs is 1. The van der Waals surface area contributed by atoms with Crippen LogP contribution in [0.5, 0.6) is 0 Å². The summed E-state index contributed by atoms with van der Waals surface area (Å²) in [6.07, 6.45) is 5.05. The van der Waals surface area contributed by atoms with Crippen molar-refractivity contribution in [3.8, 4) is 0 Å². The molecule has 1 aromatic carbocycles. The predicted octanol–water partition coefficient (Wildman–Crippen LogP) is 2.41. The molecule has 0 saturated carbocycles. The number of benzene rings is 1. The summed E-state index contributed by atoms with van der Waals surface area (Å²) in [4.78, 5) is 6.94. The number of piperidine rings is 1. The van der Waals surface area contributed by atoms with E-state index in [2.05, 4.69) is 61.9 Å². The van der Waals surface area contributed by atoms with E-state index in [0.29, 0.717) is 6.04 Å². The zero-order chi connectivity index (χ0) is 20.8. The highest BCUT2D eigenvalue weighted by Crippen LogP contribution is 2.14. The second-order valence-corrected chi connectivity index (χ2v) is 7.98. The minimum Gasteiger partial charge on any atom is -0.356 e. The maximum atomic E-state index is 4.40. The predicted molar refractivity (Wildman–Crippen MR) is 121 cm³/mol. The fourth-order valence-corrected chi connectivity index (χ4v) is 4.05. The van der Waals surface area contributed by atoms with Crippen molar-refractivity contribution >= 4 is 11.6 Å². The topological polar surface area (TPSA) is 69.8 Å². The number of rotatable bonds is 6. The first kappa shape index (κ1) is 20.3. The van der Waals surface area contributed by atoms with Gasteiger partial charge in [0.15, 0.2) is 11.6 Å². The van der Waals surface area contributed by atoms with Crippen molar-refractivity contribution in [2.24, 2.45) is 4.99 Å². The molecule has 7 heteroatoms. The lowest BCUT2D eigenvalue weighted by molar-refractivity contribution is 0.198. The summed E-state index contributed by atoms with van der Waals surface area (Å²) in [6.45, 7) is 6.17. The summed E-state index contributed by atoms with van der Waals surface area (Å²) in [5, 5.41) is 15.5. The molecule has 30 heavy (non-hydrogen) atoms. The number of hydrogen-bond donors (Lipinski definition) is 2. The normalized spacial score (nSPS) is 16.1. The highest BCUT2D eigenvalue weighted by Gasteiger charge is 2.20. The summed E-state index contributed by atoms with van der Waals surface area (Å²) in [5.74, 6) is 1.82. The number of aryl methyl sites for hydroxylation is 1. The molecule has 1 saturated heterocycles. The van der Waals surface area contributed by atoms with Gasteiger partial charge >= 0.3 is 0 Å². The number of aromatic nitrogens is 3. The third-order valence-electron chi connectivity index (χ3n) is 5.67. The summed E-state index contributed by atoms with van der Waals surface area (Å²) >= 11 is 0. The van der Waals surface area contributed by atoms with Gasteiger partial charge in [0.05, 0.1) is 0 Å². The second-order valence-electron chi connectivity index (χ2n) is 7.98. The van der Waals surface area contributed by atoms with Crippen LogP contribution in [-0.4, -0.2) is 58.2 Å². The molecule has 3 aromatic rings. The monoisotopic (exact) mass is 405 g/mol. The molecule has 1 fully saturated rings. The molecule has 1 aliphatic rings.